The molecule has 0 aliphatic carbocycles. The number of unbranched alkanes of at least 4 members (excludes halogenated alkanes) is 2. The van der Waals surface area contributed by atoms with Gasteiger partial charge in [0.1, 0.15) is 0 Å². The number of quaternary nitrogens is 1. The van der Waals surface area contributed by atoms with Gasteiger partial charge in [-0.05, 0) is 48.1 Å². The van der Waals surface area contributed by atoms with Gasteiger partial charge in [0.05, 0.1) is 6.54 Å². The van der Waals surface area contributed by atoms with Crippen LogP contribution in [0.25, 0.3) is 0 Å². The van der Waals surface area contributed by atoms with Crippen LogP contribution in [-0.4, -0.2) is 18.3 Å². The minimum absolute atomic E-state index is 0.658. The zero-order valence-corrected chi connectivity index (χ0v) is 16.3. The summed E-state index contributed by atoms with van der Waals surface area (Å²) in [5.41, 5.74) is 2.85. The van der Waals surface area contributed by atoms with Crippen molar-refractivity contribution in [2.24, 2.45) is 4.99 Å². The van der Waals surface area contributed by atoms with Crippen molar-refractivity contribution in [3.63, 3.8) is 0 Å². The van der Waals surface area contributed by atoms with Crippen LogP contribution in [0.4, 0.5) is 0 Å². The second-order valence-electron chi connectivity index (χ2n) is 6.26. The summed E-state index contributed by atoms with van der Waals surface area (Å²) < 4.78 is 0. The smallest absolute Gasteiger partial charge is 0.256 e. The van der Waals surface area contributed by atoms with E-state index in [4.69, 9.17) is 4.99 Å². The zero-order valence-electron chi connectivity index (χ0n) is 15.5. The molecule has 0 spiro atoms. The van der Waals surface area contributed by atoms with Crippen LogP contribution < -0.4 is 5.32 Å². The third-order valence-corrected chi connectivity index (χ3v) is 5.27. The number of hydrogen-bond donors (Lipinski definition) is 1. The highest BCUT2D eigenvalue weighted by Crippen LogP contribution is 2.20. The molecule has 0 bridgehead atoms. The molecule has 0 aliphatic heterocycles. The lowest BCUT2D eigenvalue weighted by atomic mass is 9.98. The molecule has 0 radical (unpaired) electrons. The van der Waals surface area contributed by atoms with E-state index < -0.39 is 0 Å². The summed E-state index contributed by atoms with van der Waals surface area (Å²) >= 11 is 1.89. The van der Waals surface area contributed by atoms with Crippen LogP contribution in [0.1, 0.15) is 76.8 Å². The molecule has 2 N–H and O–H groups in total. The van der Waals surface area contributed by atoms with Crippen LogP contribution in [0, 0.1) is 0 Å². The summed E-state index contributed by atoms with van der Waals surface area (Å²) in [4.78, 5) is 4.78. The highest BCUT2D eigenvalue weighted by atomic mass is 32.2. The number of hydrogen-bond acceptors (Lipinski definition) is 2. The summed E-state index contributed by atoms with van der Waals surface area (Å²) in [7, 11) is 0. The van der Waals surface area contributed by atoms with Gasteiger partial charge < -0.3 is 0 Å². The number of nitrogens with two attached hydrogens (primary N) is 1. The topological polar surface area (TPSA) is 29.0 Å². The lowest BCUT2D eigenvalue weighted by Gasteiger charge is -2.10. The number of aliphatic imine (C=N–C) groups is 1. The predicted octanol–water partition coefficient (Wildman–Crippen LogP) is 4.95. The largest absolute Gasteiger partial charge is 0.292 e. The fourth-order valence-corrected chi connectivity index (χ4v) is 3.21. The Kier molecular flexibility index (Phi) is 11.1. The van der Waals surface area contributed by atoms with Crippen molar-refractivity contribution in [2.75, 3.05) is 13.1 Å². The number of amidine groups is 1. The molecule has 0 saturated heterocycles. The fourth-order valence-electron chi connectivity index (χ4n) is 2.28. The van der Waals surface area contributed by atoms with E-state index in [9.17, 15) is 0 Å². The first-order valence-electron chi connectivity index (χ1n) is 9.30. The van der Waals surface area contributed by atoms with Crippen molar-refractivity contribution >= 4 is 16.9 Å². The molecule has 0 saturated carbocycles. The van der Waals surface area contributed by atoms with E-state index in [1.54, 1.807) is 0 Å². The van der Waals surface area contributed by atoms with Crippen molar-refractivity contribution in [2.45, 2.75) is 71.5 Å². The monoisotopic (exact) mass is 335 g/mol. The number of nitrogens with zero attached hydrogens (tertiary/aromatic N) is 1. The van der Waals surface area contributed by atoms with Gasteiger partial charge in [0, 0.05) is 12.3 Å². The first kappa shape index (κ1) is 20.2. The van der Waals surface area contributed by atoms with Crippen LogP contribution >= 0.6 is 11.8 Å². The molecule has 1 rings (SSSR count). The SMILES string of the molecule is CCCCN=C([NH2+]CCCC)SCc1ccc(C(C)CC)cc1. The average Bonchev–Trinajstić information content (AvgIpc) is 2.59. The summed E-state index contributed by atoms with van der Waals surface area (Å²) in [6.45, 7) is 11.1. The van der Waals surface area contributed by atoms with Crippen molar-refractivity contribution in [1.82, 2.24) is 0 Å². The average molecular weight is 336 g/mol. The number of benzene rings is 1. The van der Waals surface area contributed by atoms with Crippen molar-refractivity contribution < 1.29 is 5.32 Å². The Morgan fingerprint density at radius 1 is 1.09 bits per heavy atom. The molecule has 1 atom stereocenters. The molecule has 0 aromatic heterocycles. The molecule has 2 nitrogen and oxygen atoms in total. The number of thioether (sulfide) groups is 1. The zero-order chi connectivity index (χ0) is 16.9. The maximum Gasteiger partial charge on any atom is 0.256 e. The Labute approximate surface area is 147 Å². The van der Waals surface area contributed by atoms with Crippen LogP contribution in [0.2, 0.25) is 0 Å². The molecule has 3 heteroatoms. The van der Waals surface area contributed by atoms with E-state index in [-0.39, 0.29) is 0 Å². The molecule has 0 heterocycles. The van der Waals surface area contributed by atoms with Gasteiger partial charge in [-0.1, -0.05) is 64.8 Å². The van der Waals surface area contributed by atoms with Gasteiger partial charge in [-0.3, -0.25) is 5.32 Å². The first-order chi connectivity index (χ1) is 11.2. The third kappa shape index (κ3) is 8.57. The maximum absolute atomic E-state index is 4.78. The van der Waals surface area contributed by atoms with Crippen LogP contribution in [0.3, 0.4) is 0 Å². The second kappa shape index (κ2) is 12.6. The minimum atomic E-state index is 0.658. The molecule has 0 amide bonds. The first-order valence-corrected chi connectivity index (χ1v) is 10.3. The molecule has 1 aromatic carbocycles. The summed E-state index contributed by atoms with van der Waals surface area (Å²) in [5.74, 6) is 1.68. The third-order valence-electron chi connectivity index (χ3n) is 4.20. The number of rotatable bonds is 10. The van der Waals surface area contributed by atoms with E-state index in [1.807, 2.05) is 11.8 Å². The van der Waals surface area contributed by atoms with E-state index in [0.717, 1.165) is 18.8 Å². The van der Waals surface area contributed by atoms with Crippen molar-refractivity contribution in [1.29, 1.82) is 0 Å². The fraction of sp³-hybridized carbons (Fsp3) is 0.650. The molecule has 0 aliphatic rings. The van der Waals surface area contributed by atoms with Crippen LogP contribution in [-0.2, 0) is 5.75 Å². The van der Waals surface area contributed by atoms with Gasteiger partial charge in [0.2, 0.25) is 0 Å². The quantitative estimate of drug-likeness (QED) is 0.366. The second-order valence-corrected chi connectivity index (χ2v) is 7.26. The molecular formula is C20H35N2S+. The molecule has 23 heavy (non-hydrogen) atoms. The van der Waals surface area contributed by atoms with E-state index in [1.165, 1.54) is 48.4 Å². The van der Waals surface area contributed by atoms with Gasteiger partial charge >= 0.3 is 0 Å². The normalized spacial score (nSPS) is 13.3. The highest BCUT2D eigenvalue weighted by molar-refractivity contribution is 8.12. The van der Waals surface area contributed by atoms with Crippen LogP contribution in [0.15, 0.2) is 29.3 Å². The molecule has 130 valence electrons. The van der Waals surface area contributed by atoms with Gasteiger partial charge in [0.15, 0.2) is 0 Å². The van der Waals surface area contributed by atoms with E-state index in [2.05, 4.69) is 57.3 Å². The van der Waals surface area contributed by atoms with Crippen molar-refractivity contribution in [3.8, 4) is 0 Å². The summed E-state index contributed by atoms with van der Waals surface area (Å²) in [6, 6.07) is 9.14. The highest BCUT2D eigenvalue weighted by Gasteiger charge is 2.07. The summed E-state index contributed by atoms with van der Waals surface area (Å²) in [5, 5.41) is 3.56. The standard InChI is InChI=1S/C20H34N2S/c1-5-8-14-21-20(22-15-9-6-2)23-16-18-10-12-19(13-11-18)17(4)7-3/h10-13,17H,5-9,14-16H2,1-4H3,(H,21,22)/p+1. The Balaban J connectivity index is 2.53. The Bertz CT molecular complexity index is 439. The van der Waals surface area contributed by atoms with Gasteiger partial charge in [-0.15, -0.1) is 0 Å². The lowest BCUT2D eigenvalue weighted by molar-refractivity contribution is -0.534. The van der Waals surface area contributed by atoms with Crippen LogP contribution in [0.5, 0.6) is 0 Å². The Morgan fingerprint density at radius 3 is 2.39 bits per heavy atom. The van der Waals surface area contributed by atoms with Gasteiger partial charge in [-0.2, -0.15) is 0 Å². The maximum atomic E-state index is 4.78. The Morgan fingerprint density at radius 2 is 1.78 bits per heavy atom. The summed E-state index contributed by atoms with van der Waals surface area (Å²) in [6.07, 6.45) is 6.12. The molecule has 1 aromatic rings. The Hall–Kier alpha value is -0.800. The minimum Gasteiger partial charge on any atom is -0.292 e. The molecule has 0 fully saturated rings. The van der Waals surface area contributed by atoms with E-state index in [0.29, 0.717) is 5.92 Å². The predicted molar refractivity (Wildman–Crippen MR) is 105 cm³/mol. The van der Waals surface area contributed by atoms with Gasteiger partial charge in [0.25, 0.3) is 5.17 Å². The lowest BCUT2D eigenvalue weighted by Crippen LogP contribution is -2.87. The van der Waals surface area contributed by atoms with Gasteiger partial charge in [-0.25, -0.2) is 4.99 Å². The van der Waals surface area contributed by atoms with Crippen molar-refractivity contribution in [3.05, 3.63) is 35.4 Å². The molecule has 1 unspecified atom stereocenters. The van der Waals surface area contributed by atoms with E-state index >= 15 is 0 Å². The molecular weight excluding hydrogens is 300 g/mol.